The first-order chi connectivity index (χ1) is 8.58. The van der Waals surface area contributed by atoms with Crippen molar-refractivity contribution in [2.45, 2.75) is 0 Å². The van der Waals surface area contributed by atoms with E-state index in [-0.39, 0.29) is 4.99 Å². The number of thiocarbonyl (C=S) groups is 1. The topological polar surface area (TPSA) is 50.9 Å². The molecule has 6 heteroatoms. The Kier molecular flexibility index (Phi) is 4.16. The molecule has 0 spiro atoms. The summed E-state index contributed by atoms with van der Waals surface area (Å²) in [5, 5.41) is 3.86. The normalized spacial score (nSPS) is 10.1. The molecule has 3 nitrogen and oxygen atoms in total. The van der Waals surface area contributed by atoms with E-state index in [4.69, 9.17) is 29.6 Å². The van der Waals surface area contributed by atoms with Crippen molar-refractivity contribution in [3.63, 3.8) is 0 Å². The number of nitrogens with one attached hydrogen (secondary N) is 1. The molecule has 0 aliphatic heterocycles. The highest BCUT2D eigenvalue weighted by Crippen LogP contribution is 2.27. The summed E-state index contributed by atoms with van der Waals surface area (Å²) in [6, 6.07) is 9.21. The Morgan fingerprint density at radius 3 is 2.83 bits per heavy atom. The second-order valence-electron chi connectivity index (χ2n) is 3.52. The predicted octanol–water partition coefficient (Wildman–Crippen LogP) is 3.88. The molecule has 18 heavy (non-hydrogen) atoms. The minimum absolute atomic E-state index is 0.256. The van der Waals surface area contributed by atoms with E-state index in [9.17, 15) is 0 Å². The molecule has 1 aromatic carbocycles. The molecule has 2 rings (SSSR count). The first-order valence-electron chi connectivity index (χ1n) is 5.05. The molecule has 0 bridgehead atoms. The first-order valence-corrected chi connectivity index (χ1v) is 6.63. The van der Waals surface area contributed by atoms with Crippen molar-refractivity contribution < 1.29 is 0 Å². The van der Waals surface area contributed by atoms with Crippen molar-refractivity contribution in [1.82, 2.24) is 4.98 Å². The Bertz CT molecular complexity index is 604. The lowest BCUT2D eigenvalue weighted by Crippen LogP contribution is -2.13. The van der Waals surface area contributed by atoms with Gasteiger partial charge in [0.05, 0.1) is 10.7 Å². The van der Waals surface area contributed by atoms with Gasteiger partial charge >= 0.3 is 0 Å². The Balaban J connectivity index is 2.34. The van der Waals surface area contributed by atoms with Gasteiger partial charge in [0.25, 0.3) is 0 Å². The zero-order chi connectivity index (χ0) is 13.1. The lowest BCUT2D eigenvalue weighted by atomic mass is 10.2. The molecule has 0 aliphatic rings. The molecule has 0 fully saturated rings. The maximum atomic E-state index is 5.94. The lowest BCUT2D eigenvalue weighted by Gasteiger charge is -2.10. The SMILES string of the molecule is NC(=S)c1ncccc1Nc1ccc(Cl)c(Br)c1. The minimum Gasteiger partial charge on any atom is -0.388 e. The van der Waals surface area contributed by atoms with Gasteiger partial charge in [-0.1, -0.05) is 23.8 Å². The van der Waals surface area contributed by atoms with Crippen LogP contribution in [0, 0.1) is 0 Å². The highest BCUT2D eigenvalue weighted by Gasteiger charge is 2.07. The van der Waals surface area contributed by atoms with E-state index < -0.39 is 0 Å². The zero-order valence-electron chi connectivity index (χ0n) is 9.15. The quantitative estimate of drug-likeness (QED) is 0.831. The van der Waals surface area contributed by atoms with E-state index in [0.717, 1.165) is 15.8 Å². The summed E-state index contributed by atoms with van der Waals surface area (Å²) in [5.41, 5.74) is 7.82. The number of nitrogens with two attached hydrogens (primary N) is 1. The number of hydrogen-bond acceptors (Lipinski definition) is 3. The van der Waals surface area contributed by atoms with Crippen LogP contribution in [-0.4, -0.2) is 9.97 Å². The number of anilines is 2. The average molecular weight is 343 g/mol. The molecular formula is C12H9BrClN3S. The number of rotatable bonds is 3. The van der Waals surface area contributed by atoms with Gasteiger partial charge in [0.1, 0.15) is 10.7 Å². The third-order valence-corrected chi connectivity index (χ3v) is 3.65. The van der Waals surface area contributed by atoms with Gasteiger partial charge in [-0.3, -0.25) is 4.98 Å². The van der Waals surface area contributed by atoms with Gasteiger partial charge in [-0.2, -0.15) is 0 Å². The molecule has 92 valence electrons. The van der Waals surface area contributed by atoms with Crippen molar-refractivity contribution in [3.05, 3.63) is 51.7 Å². The second kappa shape index (κ2) is 5.65. The monoisotopic (exact) mass is 341 g/mol. The van der Waals surface area contributed by atoms with Crippen LogP contribution in [0.4, 0.5) is 11.4 Å². The minimum atomic E-state index is 0.256. The van der Waals surface area contributed by atoms with Crippen LogP contribution < -0.4 is 11.1 Å². The van der Waals surface area contributed by atoms with Gasteiger partial charge in [-0.25, -0.2) is 0 Å². The summed E-state index contributed by atoms with van der Waals surface area (Å²) in [6.07, 6.45) is 1.65. The largest absolute Gasteiger partial charge is 0.388 e. The Morgan fingerprint density at radius 1 is 1.39 bits per heavy atom. The molecule has 0 saturated carbocycles. The maximum absolute atomic E-state index is 5.94. The molecule has 1 heterocycles. The number of halogens is 2. The fraction of sp³-hybridized carbons (Fsp3) is 0. The standard InChI is InChI=1S/C12H9BrClN3S/c13-8-6-7(3-4-9(8)14)17-10-2-1-5-16-11(10)12(15)18/h1-6,17H,(H2,15,18). The van der Waals surface area contributed by atoms with Crippen LogP contribution in [0.5, 0.6) is 0 Å². The maximum Gasteiger partial charge on any atom is 0.124 e. The van der Waals surface area contributed by atoms with Crippen LogP contribution in [0.15, 0.2) is 41.0 Å². The van der Waals surface area contributed by atoms with Gasteiger partial charge in [-0.05, 0) is 46.3 Å². The number of pyridine rings is 1. The number of aromatic nitrogens is 1. The van der Waals surface area contributed by atoms with Crippen LogP contribution in [-0.2, 0) is 0 Å². The van der Waals surface area contributed by atoms with Crippen molar-refractivity contribution >= 4 is 56.1 Å². The third kappa shape index (κ3) is 2.98. The molecule has 0 aliphatic carbocycles. The molecule has 1 aromatic heterocycles. The van der Waals surface area contributed by atoms with Crippen LogP contribution in [0.2, 0.25) is 5.02 Å². The van der Waals surface area contributed by atoms with Crippen LogP contribution in [0.25, 0.3) is 0 Å². The van der Waals surface area contributed by atoms with Crippen molar-refractivity contribution in [2.24, 2.45) is 5.73 Å². The third-order valence-electron chi connectivity index (χ3n) is 2.24. The van der Waals surface area contributed by atoms with E-state index in [1.54, 1.807) is 12.3 Å². The van der Waals surface area contributed by atoms with Gasteiger partial charge in [0, 0.05) is 16.4 Å². The second-order valence-corrected chi connectivity index (χ2v) is 5.22. The van der Waals surface area contributed by atoms with Crippen molar-refractivity contribution in [2.75, 3.05) is 5.32 Å². The Morgan fingerprint density at radius 2 is 2.17 bits per heavy atom. The molecule has 0 saturated heterocycles. The highest BCUT2D eigenvalue weighted by atomic mass is 79.9. The average Bonchev–Trinajstić information content (AvgIpc) is 2.34. The lowest BCUT2D eigenvalue weighted by molar-refractivity contribution is 1.29. The number of benzene rings is 1. The molecule has 2 aromatic rings. The molecule has 0 amide bonds. The number of hydrogen-bond donors (Lipinski definition) is 2. The molecule has 0 unspecified atom stereocenters. The van der Waals surface area contributed by atoms with Crippen LogP contribution in [0.3, 0.4) is 0 Å². The predicted molar refractivity (Wildman–Crippen MR) is 82.6 cm³/mol. The summed E-state index contributed by atoms with van der Waals surface area (Å²) >= 11 is 14.3. The van der Waals surface area contributed by atoms with E-state index in [2.05, 4.69) is 26.2 Å². The highest BCUT2D eigenvalue weighted by molar-refractivity contribution is 9.10. The van der Waals surface area contributed by atoms with Gasteiger partial charge in [-0.15, -0.1) is 0 Å². The fourth-order valence-electron chi connectivity index (χ4n) is 1.43. The Hall–Kier alpha value is -1.17. The van der Waals surface area contributed by atoms with Gasteiger partial charge < -0.3 is 11.1 Å². The van der Waals surface area contributed by atoms with Crippen molar-refractivity contribution in [1.29, 1.82) is 0 Å². The molecule has 0 radical (unpaired) electrons. The molecular weight excluding hydrogens is 334 g/mol. The Labute approximate surface area is 123 Å². The van der Waals surface area contributed by atoms with E-state index >= 15 is 0 Å². The number of nitrogens with zero attached hydrogens (tertiary/aromatic N) is 1. The van der Waals surface area contributed by atoms with E-state index in [1.807, 2.05) is 24.3 Å². The summed E-state index contributed by atoms with van der Waals surface area (Å²) in [6.45, 7) is 0. The van der Waals surface area contributed by atoms with Crippen LogP contribution >= 0.6 is 39.7 Å². The zero-order valence-corrected chi connectivity index (χ0v) is 12.3. The van der Waals surface area contributed by atoms with E-state index in [0.29, 0.717) is 10.7 Å². The summed E-state index contributed by atoms with van der Waals surface area (Å²) in [5.74, 6) is 0. The van der Waals surface area contributed by atoms with Gasteiger partial charge in [0.15, 0.2) is 0 Å². The molecule has 3 N–H and O–H groups in total. The van der Waals surface area contributed by atoms with Crippen molar-refractivity contribution in [3.8, 4) is 0 Å². The summed E-state index contributed by atoms with van der Waals surface area (Å²) in [4.78, 5) is 4.40. The summed E-state index contributed by atoms with van der Waals surface area (Å²) < 4.78 is 0.815. The summed E-state index contributed by atoms with van der Waals surface area (Å²) in [7, 11) is 0. The van der Waals surface area contributed by atoms with E-state index in [1.165, 1.54) is 0 Å². The van der Waals surface area contributed by atoms with Gasteiger partial charge in [0.2, 0.25) is 0 Å². The molecule has 0 atom stereocenters. The van der Waals surface area contributed by atoms with Crippen LogP contribution in [0.1, 0.15) is 5.69 Å². The smallest absolute Gasteiger partial charge is 0.124 e. The fourth-order valence-corrected chi connectivity index (χ4v) is 2.09. The first kappa shape index (κ1) is 13.3.